The summed E-state index contributed by atoms with van der Waals surface area (Å²) >= 11 is 0. The summed E-state index contributed by atoms with van der Waals surface area (Å²) in [6.07, 6.45) is 3.81. The number of pyridine rings is 1. The highest BCUT2D eigenvalue weighted by molar-refractivity contribution is 5.89. The highest BCUT2D eigenvalue weighted by Crippen LogP contribution is 2.24. The second kappa shape index (κ2) is 6.40. The number of carboxylic acids is 1. The number of hydrogen-bond donors (Lipinski definition) is 1. The fourth-order valence-corrected chi connectivity index (χ4v) is 2.89. The van der Waals surface area contributed by atoms with Crippen LogP contribution in [-0.2, 0) is 6.42 Å². The van der Waals surface area contributed by atoms with Crippen LogP contribution in [0.4, 0.5) is 0 Å². The molecule has 0 aliphatic heterocycles. The average Bonchev–Trinajstić information content (AvgIpc) is 3.11. The molecule has 0 amide bonds. The molecule has 26 heavy (non-hydrogen) atoms. The lowest BCUT2D eigenvalue weighted by Gasteiger charge is -2.06. The van der Waals surface area contributed by atoms with Crippen molar-refractivity contribution in [3.05, 3.63) is 77.6 Å². The summed E-state index contributed by atoms with van der Waals surface area (Å²) in [4.78, 5) is 23.9. The minimum absolute atomic E-state index is 0.0157. The number of rotatable bonds is 4. The van der Waals surface area contributed by atoms with Gasteiger partial charge in [-0.1, -0.05) is 24.3 Å². The van der Waals surface area contributed by atoms with E-state index in [4.69, 9.17) is 4.42 Å². The molecule has 4 aromatic rings. The molecule has 0 bridgehead atoms. The fourth-order valence-electron chi connectivity index (χ4n) is 2.89. The van der Waals surface area contributed by atoms with E-state index in [0.29, 0.717) is 17.5 Å². The third kappa shape index (κ3) is 3.04. The minimum atomic E-state index is -1.05. The Morgan fingerprint density at radius 1 is 1.12 bits per heavy atom. The van der Waals surface area contributed by atoms with Gasteiger partial charge in [-0.25, -0.2) is 19.7 Å². The first-order chi connectivity index (χ1) is 12.6. The lowest BCUT2D eigenvalue weighted by Crippen LogP contribution is -2.02. The van der Waals surface area contributed by atoms with Gasteiger partial charge in [0, 0.05) is 29.8 Å². The van der Waals surface area contributed by atoms with Crippen molar-refractivity contribution < 1.29 is 14.3 Å². The third-order valence-corrected chi connectivity index (χ3v) is 4.13. The van der Waals surface area contributed by atoms with E-state index >= 15 is 0 Å². The van der Waals surface area contributed by atoms with E-state index in [-0.39, 0.29) is 5.69 Å². The van der Waals surface area contributed by atoms with Crippen LogP contribution in [0, 0.1) is 6.92 Å². The molecule has 0 spiro atoms. The maximum Gasteiger partial charge on any atom is 0.354 e. The quantitative estimate of drug-likeness (QED) is 0.604. The van der Waals surface area contributed by atoms with Crippen molar-refractivity contribution in [2.75, 3.05) is 0 Å². The Kier molecular flexibility index (Phi) is 3.93. The summed E-state index contributed by atoms with van der Waals surface area (Å²) < 4.78 is 5.49. The van der Waals surface area contributed by atoms with Gasteiger partial charge in [0.1, 0.15) is 17.0 Å². The largest absolute Gasteiger partial charge is 0.477 e. The van der Waals surface area contributed by atoms with Crippen molar-refractivity contribution in [2.45, 2.75) is 13.3 Å². The summed E-state index contributed by atoms with van der Waals surface area (Å²) in [5.41, 5.74) is 4.89. The van der Waals surface area contributed by atoms with Crippen LogP contribution in [0.25, 0.3) is 22.4 Å². The molecule has 0 aliphatic rings. The Morgan fingerprint density at radius 3 is 2.65 bits per heavy atom. The molecule has 3 heterocycles. The van der Waals surface area contributed by atoms with Crippen LogP contribution in [0.2, 0.25) is 0 Å². The molecule has 4 rings (SSSR count). The van der Waals surface area contributed by atoms with E-state index in [1.807, 2.05) is 37.3 Å². The minimum Gasteiger partial charge on any atom is -0.477 e. The summed E-state index contributed by atoms with van der Waals surface area (Å²) in [5.74, 6) is -0.325. The lowest BCUT2D eigenvalue weighted by atomic mass is 10.0. The molecule has 128 valence electrons. The van der Waals surface area contributed by atoms with Gasteiger partial charge in [-0.15, -0.1) is 0 Å². The van der Waals surface area contributed by atoms with Crippen LogP contribution in [0.15, 0.2) is 59.3 Å². The van der Waals surface area contributed by atoms with Crippen LogP contribution in [0.5, 0.6) is 0 Å². The van der Waals surface area contributed by atoms with Gasteiger partial charge in [0.2, 0.25) is 0 Å². The van der Waals surface area contributed by atoms with Gasteiger partial charge in [0.05, 0.1) is 12.0 Å². The summed E-state index contributed by atoms with van der Waals surface area (Å²) in [6, 6.07) is 13.1. The molecule has 0 saturated carbocycles. The molecule has 0 atom stereocenters. The molecule has 0 saturated heterocycles. The van der Waals surface area contributed by atoms with Crippen molar-refractivity contribution >= 4 is 17.1 Å². The van der Waals surface area contributed by atoms with Crippen molar-refractivity contribution in [3.8, 4) is 11.3 Å². The summed E-state index contributed by atoms with van der Waals surface area (Å²) in [5, 5.41) is 9.25. The first-order valence-electron chi connectivity index (χ1n) is 8.09. The smallest absolute Gasteiger partial charge is 0.354 e. The predicted octanol–water partition coefficient (Wildman–Crippen LogP) is 3.88. The Labute approximate surface area is 149 Å². The predicted molar refractivity (Wildman–Crippen MR) is 96.0 cm³/mol. The van der Waals surface area contributed by atoms with E-state index in [9.17, 15) is 9.90 Å². The first kappa shape index (κ1) is 16.0. The van der Waals surface area contributed by atoms with Crippen molar-refractivity contribution in [1.29, 1.82) is 0 Å². The number of benzene rings is 1. The van der Waals surface area contributed by atoms with Gasteiger partial charge >= 0.3 is 5.97 Å². The standard InChI is InChI=1S/C20H15N3O3/c1-12-21-8-6-16(22-12)14-4-2-13(3-5-14)10-15-11-18(20(24)25)23-17-7-9-26-19(15)17/h2-9,11H,10H2,1H3,(H,24,25). The number of carboxylic acid groups (broad SMARTS) is 1. The number of aryl methyl sites for hydroxylation is 1. The lowest BCUT2D eigenvalue weighted by molar-refractivity contribution is 0.0691. The number of aromatic nitrogens is 3. The van der Waals surface area contributed by atoms with E-state index in [2.05, 4.69) is 15.0 Å². The van der Waals surface area contributed by atoms with Crippen molar-refractivity contribution in [1.82, 2.24) is 15.0 Å². The van der Waals surface area contributed by atoms with E-state index < -0.39 is 5.97 Å². The molecule has 0 fully saturated rings. The molecule has 6 heteroatoms. The summed E-state index contributed by atoms with van der Waals surface area (Å²) in [6.45, 7) is 1.86. The first-order valence-corrected chi connectivity index (χ1v) is 8.09. The monoisotopic (exact) mass is 345 g/mol. The zero-order valence-corrected chi connectivity index (χ0v) is 14.0. The zero-order valence-electron chi connectivity index (χ0n) is 14.0. The van der Waals surface area contributed by atoms with Crippen LogP contribution in [-0.4, -0.2) is 26.0 Å². The topological polar surface area (TPSA) is 89.1 Å². The Morgan fingerprint density at radius 2 is 1.92 bits per heavy atom. The van der Waals surface area contributed by atoms with Crippen LogP contribution >= 0.6 is 0 Å². The Balaban J connectivity index is 1.66. The van der Waals surface area contributed by atoms with Gasteiger partial charge in [-0.05, 0) is 24.6 Å². The second-order valence-electron chi connectivity index (χ2n) is 5.97. The maximum atomic E-state index is 11.3. The molecular weight excluding hydrogens is 330 g/mol. The SMILES string of the molecule is Cc1nccc(-c2ccc(Cc3cc(C(=O)O)nc4ccoc34)cc2)n1. The highest BCUT2D eigenvalue weighted by Gasteiger charge is 2.13. The number of aromatic carboxylic acids is 1. The molecule has 0 radical (unpaired) electrons. The molecule has 0 unspecified atom stereocenters. The molecule has 1 N–H and O–H groups in total. The third-order valence-electron chi connectivity index (χ3n) is 4.13. The van der Waals surface area contributed by atoms with Crippen LogP contribution in [0.1, 0.15) is 27.4 Å². The van der Waals surface area contributed by atoms with Gasteiger partial charge < -0.3 is 9.52 Å². The second-order valence-corrected chi connectivity index (χ2v) is 5.97. The Bertz CT molecular complexity index is 1100. The Hall–Kier alpha value is -3.54. The summed E-state index contributed by atoms with van der Waals surface area (Å²) in [7, 11) is 0. The van der Waals surface area contributed by atoms with Gasteiger partial charge in [-0.2, -0.15) is 0 Å². The highest BCUT2D eigenvalue weighted by atomic mass is 16.4. The fraction of sp³-hybridized carbons (Fsp3) is 0.100. The molecule has 6 nitrogen and oxygen atoms in total. The maximum absolute atomic E-state index is 11.3. The van der Waals surface area contributed by atoms with E-state index in [1.165, 1.54) is 6.26 Å². The normalized spacial score (nSPS) is 11.0. The van der Waals surface area contributed by atoms with Crippen molar-refractivity contribution in [3.63, 3.8) is 0 Å². The number of carbonyl (C=O) groups is 1. The number of nitrogens with zero attached hydrogens (tertiary/aromatic N) is 3. The van der Waals surface area contributed by atoms with Gasteiger partial charge in [0.15, 0.2) is 5.58 Å². The van der Waals surface area contributed by atoms with Gasteiger partial charge in [-0.3, -0.25) is 0 Å². The molecule has 1 aromatic carbocycles. The van der Waals surface area contributed by atoms with Crippen LogP contribution in [0.3, 0.4) is 0 Å². The molecule has 0 aliphatic carbocycles. The zero-order chi connectivity index (χ0) is 18.1. The van der Waals surface area contributed by atoms with E-state index in [1.54, 1.807) is 18.3 Å². The number of hydrogen-bond acceptors (Lipinski definition) is 5. The van der Waals surface area contributed by atoms with E-state index in [0.717, 1.165) is 28.2 Å². The number of furan rings is 1. The van der Waals surface area contributed by atoms with Crippen molar-refractivity contribution in [2.24, 2.45) is 0 Å². The number of fused-ring (bicyclic) bond motifs is 1. The average molecular weight is 345 g/mol. The van der Waals surface area contributed by atoms with Gasteiger partial charge in [0.25, 0.3) is 0 Å². The van der Waals surface area contributed by atoms with Crippen LogP contribution < -0.4 is 0 Å². The molecular formula is C20H15N3O3. The molecule has 3 aromatic heterocycles.